The summed E-state index contributed by atoms with van der Waals surface area (Å²) in [4.78, 5) is 0. The maximum atomic E-state index is 5.84. The minimum Gasteiger partial charge on any atom is -0.497 e. The second-order valence-corrected chi connectivity index (χ2v) is 8.85. The van der Waals surface area contributed by atoms with Crippen molar-refractivity contribution < 1.29 is 30.7 Å². The second-order valence-electron chi connectivity index (χ2n) is 5.82. The minimum absolute atomic E-state index is 0.139. The van der Waals surface area contributed by atoms with Crippen molar-refractivity contribution in [1.82, 2.24) is 0 Å². The summed E-state index contributed by atoms with van der Waals surface area (Å²) in [5.74, 6) is 1.91. The van der Waals surface area contributed by atoms with Gasteiger partial charge in [-0.05, 0) is 55.0 Å². The third-order valence-corrected chi connectivity index (χ3v) is 6.53. The quantitative estimate of drug-likeness (QED) is 0.396. The molecule has 0 aliphatic rings. The van der Waals surface area contributed by atoms with Crippen LogP contribution in [-0.2, 0) is 0 Å². The summed E-state index contributed by atoms with van der Waals surface area (Å²) in [5.41, 5.74) is 0. The van der Waals surface area contributed by atoms with Crippen molar-refractivity contribution in [2.45, 2.75) is 45.4 Å². The summed E-state index contributed by atoms with van der Waals surface area (Å²) in [5, 5.41) is 0. The van der Waals surface area contributed by atoms with Crippen LogP contribution in [0, 0.1) is 7.14 Å². The van der Waals surface area contributed by atoms with Crippen LogP contribution in [0.4, 0.5) is 0 Å². The number of unbranched alkanes of at least 4 members (excludes halogenated alkanes) is 5. The average Bonchev–Trinajstić information content (AvgIpc) is 2.63. The lowest BCUT2D eigenvalue weighted by atomic mass is 10.1. The molecule has 0 saturated carbocycles. The molecule has 0 aromatic heterocycles. The molecule has 0 heterocycles. The van der Waals surface area contributed by atoms with Gasteiger partial charge >= 0.3 is 21.2 Å². The lowest BCUT2D eigenvalue weighted by Gasteiger charge is -2.05. The Balaban J connectivity index is 1.70. The smallest absolute Gasteiger partial charge is 0.357 e. The molecular formula is C21H28IO2+. The molecule has 0 unspecified atom stereocenters. The first-order valence-corrected chi connectivity index (χ1v) is 11.0. The maximum Gasteiger partial charge on any atom is 0.357 e. The second kappa shape index (κ2) is 11.3. The van der Waals surface area contributed by atoms with Gasteiger partial charge in [-0.15, -0.1) is 0 Å². The zero-order valence-corrected chi connectivity index (χ0v) is 16.9. The molecule has 0 saturated heterocycles. The van der Waals surface area contributed by atoms with Crippen molar-refractivity contribution >= 4 is 0 Å². The largest absolute Gasteiger partial charge is 0.497 e. The molecule has 0 spiro atoms. The zero-order chi connectivity index (χ0) is 17.0. The molecule has 0 bridgehead atoms. The molecule has 0 aliphatic heterocycles. The van der Waals surface area contributed by atoms with Gasteiger partial charge in [-0.25, -0.2) is 0 Å². The van der Waals surface area contributed by atoms with E-state index in [0.717, 1.165) is 24.5 Å². The topological polar surface area (TPSA) is 18.5 Å². The molecular weight excluding hydrogens is 411 g/mol. The van der Waals surface area contributed by atoms with Crippen LogP contribution in [-0.4, -0.2) is 13.7 Å². The molecule has 2 aromatic carbocycles. The number of benzene rings is 2. The van der Waals surface area contributed by atoms with E-state index in [0.29, 0.717) is 0 Å². The van der Waals surface area contributed by atoms with Gasteiger partial charge in [-0.2, -0.15) is 0 Å². The maximum absolute atomic E-state index is 5.84. The van der Waals surface area contributed by atoms with E-state index in [1.165, 1.54) is 39.2 Å². The summed E-state index contributed by atoms with van der Waals surface area (Å²) < 4.78 is 13.9. The molecule has 2 rings (SSSR count). The van der Waals surface area contributed by atoms with E-state index >= 15 is 0 Å². The molecule has 2 nitrogen and oxygen atoms in total. The molecule has 0 fully saturated rings. The third kappa shape index (κ3) is 7.12. The predicted molar refractivity (Wildman–Crippen MR) is 95.7 cm³/mol. The molecule has 3 heteroatoms. The van der Waals surface area contributed by atoms with E-state index in [2.05, 4.69) is 43.3 Å². The normalized spacial score (nSPS) is 10.6. The van der Waals surface area contributed by atoms with Gasteiger partial charge < -0.3 is 9.47 Å². The summed E-state index contributed by atoms with van der Waals surface area (Å²) in [6.45, 7) is 3.09. The van der Waals surface area contributed by atoms with Crippen molar-refractivity contribution in [3.63, 3.8) is 0 Å². The highest BCUT2D eigenvalue weighted by Crippen LogP contribution is 2.11. The van der Waals surface area contributed by atoms with Crippen molar-refractivity contribution in [2.24, 2.45) is 0 Å². The lowest BCUT2D eigenvalue weighted by Crippen LogP contribution is -3.61. The van der Waals surface area contributed by atoms with Crippen LogP contribution in [0.25, 0.3) is 0 Å². The van der Waals surface area contributed by atoms with Crippen LogP contribution >= 0.6 is 0 Å². The Hall–Kier alpha value is -1.23. The van der Waals surface area contributed by atoms with Gasteiger partial charge in [0.25, 0.3) is 0 Å². The first-order valence-electron chi connectivity index (χ1n) is 8.83. The van der Waals surface area contributed by atoms with Crippen LogP contribution in [0.5, 0.6) is 11.5 Å². The van der Waals surface area contributed by atoms with Crippen molar-refractivity contribution in [2.75, 3.05) is 13.7 Å². The van der Waals surface area contributed by atoms with Crippen LogP contribution in [0.3, 0.4) is 0 Å². The number of ether oxygens (including phenoxy) is 2. The van der Waals surface area contributed by atoms with Crippen molar-refractivity contribution in [1.29, 1.82) is 0 Å². The van der Waals surface area contributed by atoms with Crippen LogP contribution in [0.15, 0.2) is 48.5 Å². The lowest BCUT2D eigenvalue weighted by molar-refractivity contribution is -0.597. The SMILES string of the molecule is CCCCCCCCOc1ccc([I+]c2ccc(OC)cc2)cc1. The molecule has 0 radical (unpaired) electrons. The van der Waals surface area contributed by atoms with Gasteiger partial charge in [0.2, 0.25) is 0 Å². The Morgan fingerprint density at radius 2 is 1.25 bits per heavy atom. The summed E-state index contributed by atoms with van der Waals surface area (Å²) >= 11 is -0.139. The van der Waals surface area contributed by atoms with Gasteiger partial charge in [-0.1, -0.05) is 39.0 Å². The van der Waals surface area contributed by atoms with E-state index in [1.807, 2.05) is 12.1 Å². The molecule has 24 heavy (non-hydrogen) atoms. The predicted octanol–water partition coefficient (Wildman–Crippen LogP) is 2.56. The Labute approximate surface area is 156 Å². The fourth-order valence-corrected chi connectivity index (χ4v) is 4.58. The van der Waals surface area contributed by atoms with Crippen molar-refractivity contribution in [3.8, 4) is 11.5 Å². The fraction of sp³-hybridized carbons (Fsp3) is 0.429. The van der Waals surface area contributed by atoms with E-state index in [9.17, 15) is 0 Å². The highest BCUT2D eigenvalue weighted by molar-refractivity contribution is 5.22. The van der Waals surface area contributed by atoms with E-state index < -0.39 is 0 Å². The molecule has 0 N–H and O–H groups in total. The summed E-state index contributed by atoms with van der Waals surface area (Å²) in [6, 6.07) is 17.0. The van der Waals surface area contributed by atoms with Gasteiger partial charge in [0, 0.05) is 0 Å². The number of methoxy groups -OCH3 is 1. The first-order chi connectivity index (χ1) is 11.8. The Bertz CT molecular complexity index is 563. The zero-order valence-electron chi connectivity index (χ0n) is 14.8. The Morgan fingerprint density at radius 1 is 0.708 bits per heavy atom. The molecule has 0 atom stereocenters. The molecule has 130 valence electrons. The first kappa shape index (κ1) is 19.1. The van der Waals surface area contributed by atoms with Gasteiger partial charge in [0.05, 0.1) is 13.7 Å². The van der Waals surface area contributed by atoms with E-state index in [-0.39, 0.29) is 21.2 Å². The molecule has 0 aliphatic carbocycles. The van der Waals surface area contributed by atoms with Gasteiger partial charge in [-0.3, -0.25) is 0 Å². The average molecular weight is 439 g/mol. The minimum atomic E-state index is -0.139. The number of hydrogen-bond acceptors (Lipinski definition) is 2. The fourth-order valence-electron chi connectivity index (χ4n) is 2.43. The van der Waals surface area contributed by atoms with Crippen molar-refractivity contribution in [3.05, 3.63) is 55.7 Å². The monoisotopic (exact) mass is 439 g/mol. The number of rotatable bonds is 11. The van der Waals surface area contributed by atoms with E-state index in [1.54, 1.807) is 7.11 Å². The standard InChI is InChI=1S/C21H28IO2/c1-3-4-5-6-7-8-17-24-21-15-11-19(12-16-21)22-18-9-13-20(23-2)14-10-18/h9-16H,3-8,17H2,1-2H3/q+1. The summed E-state index contributed by atoms with van der Waals surface area (Å²) in [6.07, 6.45) is 7.80. The van der Waals surface area contributed by atoms with Crippen LogP contribution in [0.2, 0.25) is 0 Å². The number of halogens is 1. The summed E-state index contributed by atoms with van der Waals surface area (Å²) in [7, 11) is 1.70. The van der Waals surface area contributed by atoms with Gasteiger partial charge in [0.1, 0.15) is 11.5 Å². The number of hydrogen-bond donors (Lipinski definition) is 0. The molecule has 2 aromatic rings. The van der Waals surface area contributed by atoms with Gasteiger partial charge in [0.15, 0.2) is 7.14 Å². The Morgan fingerprint density at radius 3 is 1.83 bits per heavy atom. The van der Waals surface area contributed by atoms with Crippen LogP contribution < -0.4 is 30.7 Å². The van der Waals surface area contributed by atoms with Crippen LogP contribution in [0.1, 0.15) is 45.4 Å². The molecule has 0 amide bonds. The highest BCUT2D eigenvalue weighted by atomic mass is 127. The Kier molecular flexibility index (Phi) is 9.03. The third-order valence-electron chi connectivity index (χ3n) is 3.85. The highest BCUT2D eigenvalue weighted by Gasteiger charge is 2.15. The van der Waals surface area contributed by atoms with E-state index in [4.69, 9.17) is 9.47 Å².